The largest absolute Gasteiger partial charge is 0.495 e. The minimum atomic E-state index is -0.529. The third-order valence-electron chi connectivity index (χ3n) is 4.76. The lowest BCUT2D eigenvalue weighted by atomic mass is 9.81. The molecule has 1 fully saturated rings. The summed E-state index contributed by atoms with van der Waals surface area (Å²) >= 11 is 0. The fraction of sp³-hybridized carbons (Fsp3) is 0.688. The van der Waals surface area contributed by atoms with Crippen molar-refractivity contribution in [2.45, 2.75) is 51.2 Å². The van der Waals surface area contributed by atoms with Gasteiger partial charge < -0.3 is 9.84 Å². The molecule has 4 heteroatoms. The zero-order valence-corrected chi connectivity index (χ0v) is 12.8. The SMILES string of the molecule is CCC(CC)(C(O)c1cncc(OC)c1)N1CCCC1. The molecule has 112 valence electrons. The molecule has 20 heavy (non-hydrogen) atoms. The van der Waals surface area contributed by atoms with E-state index < -0.39 is 6.10 Å². The number of rotatable bonds is 6. The highest BCUT2D eigenvalue weighted by molar-refractivity contribution is 5.27. The van der Waals surface area contributed by atoms with Crippen LogP contribution in [0.2, 0.25) is 0 Å². The normalized spacial score (nSPS) is 18.2. The van der Waals surface area contributed by atoms with Crippen LogP contribution in [-0.4, -0.2) is 40.7 Å². The van der Waals surface area contributed by atoms with Gasteiger partial charge in [-0.2, -0.15) is 0 Å². The highest BCUT2D eigenvalue weighted by Gasteiger charge is 2.42. The summed E-state index contributed by atoms with van der Waals surface area (Å²) in [6.45, 7) is 6.49. The molecule has 2 rings (SSSR count). The second-order valence-electron chi connectivity index (χ2n) is 5.57. The van der Waals surface area contributed by atoms with Gasteiger partial charge in [-0.05, 0) is 44.8 Å². The van der Waals surface area contributed by atoms with Gasteiger partial charge in [-0.15, -0.1) is 0 Å². The molecule has 1 aromatic heterocycles. The van der Waals surface area contributed by atoms with Crippen LogP contribution in [0.15, 0.2) is 18.5 Å². The van der Waals surface area contributed by atoms with E-state index in [0.717, 1.165) is 31.5 Å². The number of hydrogen-bond acceptors (Lipinski definition) is 4. The summed E-state index contributed by atoms with van der Waals surface area (Å²) in [4.78, 5) is 6.64. The molecule has 0 saturated carbocycles. The van der Waals surface area contributed by atoms with Gasteiger partial charge in [0.25, 0.3) is 0 Å². The molecule has 1 aromatic rings. The molecule has 1 saturated heterocycles. The van der Waals surface area contributed by atoms with E-state index in [-0.39, 0.29) is 5.54 Å². The van der Waals surface area contributed by atoms with Crippen molar-refractivity contribution in [2.24, 2.45) is 0 Å². The van der Waals surface area contributed by atoms with E-state index in [1.807, 2.05) is 6.07 Å². The van der Waals surface area contributed by atoms with E-state index in [0.29, 0.717) is 5.75 Å². The van der Waals surface area contributed by atoms with E-state index in [1.165, 1.54) is 12.8 Å². The average molecular weight is 278 g/mol. The lowest BCUT2D eigenvalue weighted by Crippen LogP contribution is -2.51. The van der Waals surface area contributed by atoms with Crippen molar-refractivity contribution in [3.8, 4) is 5.75 Å². The van der Waals surface area contributed by atoms with Crippen LogP contribution in [0, 0.1) is 0 Å². The van der Waals surface area contributed by atoms with Crippen LogP contribution in [0.25, 0.3) is 0 Å². The number of likely N-dealkylation sites (tertiary alicyclic amines) is 1. The number of aromatic nitrogens is 1. The van der Waals surface area contributed by atoms with Crippen molar-refractivity contribution in [3.05, 3.63) is 24.0 Å². The molecular formula is C16H26N2O2. The molecule has 1 aliphatic rings. The van der Waals surface area contributed by atoms with Crippen LogP contribution in [0.5, 0.6) is 5.75 Å². The molecule has 2 heterocycles. The highest BCUT2D eigenvalue weighted by atomic mass is 16.5. The maximum atomic E-state index is 11.0. The number of methoxy groups -OCH3 is 1. The summed E-state index contributed by atoms with van der Waals surface area (Å²) < 4.78 is 5.22. The van der Waals surface area contributed by atoms with E-state index in [4.69, 9.17) is 4.74 Å². The first kappa shape index (κ1) is 15.3. The Kier molecular flexibility index (Phi) is 5.00. The van der Waals surface area contributed by atoms with Crippen LogP contribution in [0.4, 0.5) is 0 Å². The maximum Gasteiger partial charge on any atom is 0.137 e. The second-order valence-corrected chi connectivity index (χ2v) is 5.57. The third kappa shape index (κ3) is 2.67. The van der Waals surface area contributed by atoms with Crippen LogP contribution in [0.1, 0.15) is 51.2 Å². The van der Waals surface area contributed by atoms with Crippen LogP contribution < -0.4 is 4.74 Å². The number of aliphatic hydroxyl groups excluding tert-OH is 1. The Balaban J connectivity index is 2.32. The first-order chi connectivity index (χ1) is 9.67. The van der Waals surface area contributed by atoms with Crippen molar-refractivity contribution in [1.82, 2.24) is 9.88 Å². The van der Waals surface area contributed by atoms with Crippen LogP contribution >= 0.6 is 0 Å². The summed E-state index contributed by atoms with van der Waals surface area (Å²) in [5.41, 5.74) is 0.657. The van der Waals surface area contributed by atoms with Gasteiger partial charge in [-0.25, -0.2) is 0 Å². The first-order valence-corrected chi connectivity index (χ1v) is 7.60. The van der Waals surface area contributed by atoms with Crippen molar-refractivity contribution in [2.75, 3.05) is 20.2 Å². The van der Waals surface area contributed by atoms with Crippen molar-refractivity contribution in [1.29, 1.82) is 0 Å². The Hall–Kier alpha value is -1.13. The first-order valence-electron chi connectivity index (χ1n) is 7.60. The number of ether oxygens (including phenoxy) is 1. The van der Waals surface area contributed by atoms with Crippen molar-refractivity contribution < 1.29 is 9.84 Å². The molecule has 0 aliphatic carbocycles. The average Bonchev–Trinajstić information content (AvgIpc) is 3.04. The molecule has 1 N–H and O–H groups in total. The van der Waals surface area contributed by atoms with Crippen molar-refractivity contribution >= 4 is 0 Å². The maximum absolute atomic E-state index is 11.0. The molecule has 0 bridgehead atoms. The standard InChI is InChI=1S/C16H26N2O2/c1-4-16(5-2,18-8-6-7-9-18)15(19)13-10-14(20-3)12-17-11-13/h10-12,15,19H,4-9H2,1-3H3. The topological polar surface area (TPSA) is 45.6 Å². The Morgan fingerprint density at radius 1 is 1.30 bits per heavy atom. The summed E-state index contributed by atoms with van der Waals surface area (Å²) in [6, 6.07) is 1.90. The molecule has 1 atom stereocenters. The van der Waals surface area contributed by atoms with Gasteiger partial charge in [0.05, 0.1) is 24.9 Å². The summed E-state index contributed by atoms with van der Waals surface area (Å²) in [5.74, 6) is 0.698. The van der Waals surface area contributed by atoms with Gasteiger partial charge >= 0.3 is 0 Å². The molecule has 4 nitrogen and oxygen atoms in total. The second kappa shape index (κ2) is 6.55. The van der Waals surface area contributed by atoms with Crippen LogP contribution in [0.3, 0.4) is 0 Å². The van der Waals surface area contributed by atoms with E-state index in [9.17, 15) is 5.11 Å². The predicted molar refractivity (Wildman–Crippen MR) is 79.9 cm³/mol. The molecule has 1 aliphatic heterocycles. The smallest absolute Gasteiger partial charge is 0.137 e. The molecule has 1 unspecified atom stereocenters. The Labute approximate surface area is 121 Å². The number of aliphatic hydroxyl groups is 1. The minimum absolute atomic E-state index is 0.190. The Bertz CT molecular complexity index is 426. The fourth-order valence-corrected chi connectivity index (χ4v) is 3.43. The van der Waals surface area contributed by atoms with Gasteiger partial charge in [-0.3, -0.25) is 9.88 Å². The fourth-order valence-electron chi connectivity index (χ4n) is 3.43. The highest BCUT2D eigenvalue weighted by Crippen LogP contribution is 2.39. The predicted octanol–water partition coefficient (Wildman–Crippen LogP) is 2.78. The lowest BCUT2D eigenvalue weighted by molar-refractivity contribution is -0.0297. The van der Waals surface area contributed by atoms with E-state index >= 15 is 0 Å². The summed E-state index contributed by atoms with van der Waals surface area (Å²) in [6.07, 6.45) is 7.21. The lowest BCUT2D eigenvalue weighted by Gasteiger charge is -2.44. The quantitative estimate of drug-likeness (QED) is 0.869. The van der Waals surface area contributed by atoms with Gasteiger partial charge in [-0.1, -0.05) is 13.8 Å². The molecule has 0 radical (unpaired) electrons. The zero-order chi connectivity index (χ0) is 14.6. The van der Waals surface area contributed by atoms with E-state index in [1.54, 1.807) is 19.5 Å². The van der Waals surface area contributed by atoms with Gasteiger partial charge in [0.15, 0.2) is 0 Å². The number of pyridine rings is 1. The Morgan fingerprint density at radius 2 is 1.95 bits per heavy atom. The summed E-state index contributed by atoms with van der Waals surface area (Å²) in [5, 5.41) is 11.0. The van der Waals surface area contributed by atoms with E-state index in [2.05, 4.69) is 23.7 Å². The van der Waals surface area contributed by atoms with Gasteiger partial charge in [0.1, 0.15) is 5.75 Å². The zero-order valence-electron chi connectivity index (χ0n) is 12.8. The van der Waals surface area contributed by atoms with Gasteiger partial charge in [0.2, 0.25) is 0 Å². The molecular weight excluding hydrogens is 252 g/mol. The van der Waals surface area contributed by atoms with Gasteiger partial charge in [0, 0.05) is 11.8 Å². The van der Waals surface area contributed by atoms with Crippen molar-refractivity contribution in [3.63, 3.8) is 0 Å². The molecule has 0 aromatic carbocycles. The minimum Gasteiger partial charge on any atom is -0.495 e. The number of nitrogens with zero attached hydrogens (tertiary/aromatic N) is 2. The molecule has 0 amide bonds. The van der Waals surface area contributed by atoms with Crippen LogP contribution in [-0.2, 0) is 0 Å². The monoisotopic (exact) mass is 278 g/mol. The Morgan fingerprint density at radius 3 is 2.50 bits per heavy atom. The molecule has 0 spiro atoms. The summed E-state index contributed by atoms with van der Waals surface area (Å²) in [7, 11) is 1.63. The third-order valence-corrected chi connectivity index (χ3v) is 4.76. The number of hydrogen-bond donors (Lipinski definition) is 1.